The number of nitrogens with one attached hydrogen (secondary N) is 1. The van der Waals surface area contributed by atoms with Gasteiger partial charge in [0.05, 0.1) is 18.5 Å². The summed E-state index contributed by atoms with van der Waals surface area (Å²) >= 11 is 1.52. The molecule has 0 unspecified atom stereocenters. The van der Waals surface area contributed by atoms with Crippen molar-refractivity contribution in [2.24, 2.45) is 7.05 Å². The molecule has 1 heterocycles. The Bertz CT molecular complexity index is 352. The Morgan fingerprint density at radius 1 is 1.69 bits per heavy atom. The largest absolute Gasteiger partial charge is 0.390 e. The first kappa shape index (κ1) is 13.1. The number of aliphatic hydroxyl groups is 1. The van der Waals surface area contributed by atoms with Crippen molar-refractivity contribution < 1.29 is 9.90 Å². The Labute approximate surface area is 99.3 Å². The van der Waals surface area contributed by atoms with E-state index in [4.69, 9.17) is 5.11 Å². The maximum atomic E-state index is 11.2. The van der Waals surface area contributed by atoms with Crippen LogP contribution in [0.5, 0.6) is 0 Å². The van der Waals surface area contributed by atoms with Gasteiger partial charge in [0.15, 0.2) is 5.16 Å². The number of carbonyl (C=O) groups excluding carboxylic acids is 1. The first-order valence-electron chi connectivity index (χ1n) is 5.20. The highest BCUT2D eigenvalue weighted by Crippen LogP contribution is 2.17. The summed E-state index contributed by atoms with van der Waals surface area (Å²) in [7, 11) is 1.85. The van der Waals surface area contributed by atoms with Gasteiger partial charge in [0.1, 0.15) is 0 Å². The highest BCUT2D eigenvalue weighted by atomic mass is 32.2. The Morgan fingerprint density at radius 2 is 2.44 bits per heavy atom. The molecule has 0 aromatic carbocycles. The predicted octanol–water partition coefficient (Wildman–Crippen LogP) is 0.531. The summed E-state index contributed by atoms with van der Waals surface area (Å²) in [6.07, 6.45) is 2.13. The molecular formula is C10H17N3O2S. The minimum atomic E-state index is -0.0135. The molecular weight excluding hydrogens is 226 g/mol. The highest BCUT2D eigenvalue weighted by Gasteiger charge is 2.07. The van der Waals surface area contributed by atoms with Crippen LogP contribution in [0.25, 0.3) is 0 Å². The molecule has 0 saturated heterocycles. The van der Waals surface area contributed by atoms with Crippen molar-refractivity contribution >= 4 is 17.7 Å². The topological polar surface area (TPSA) is 67.2 Å². The second kappa shape index (κ2) is 6.55. The van der Waals surface area contributed by atoms with E-state index in [0.717, 1.165) is 10.9 Å². The summed E-state index contributed by atoms with van der Waals surface area (Å²) in [5.74, 6) is 0.758. The molecule has 1 aromatic rings. The van der Waals surface area contributed by atoms with E-state index in [-0.39, 0.29) is 12.5 Å². The van der Waals surface area contributed by atoms with Crippen LogP contribution in [-0.2, 0) is 18.4 Å². The summed E-state index contributed by atoms with van der Waals surface area (Å²) in [4.78, 5) is 15.4. The average Bonchev–Trinajstić information content (AvgIpc) is 2.60. The van der Waals surface area contributed by atoms with Gasteiger partial charge < -0.3 is 15.0 Å². The maximum absolute atomic E-state index is 11.2. The standard InChI is InChI=1S/C10H17N3O2S/c1-3-11-9(15)4-5-16-10-12-6-8(7-14)13(10)2/h6,14H,3-5,7H2,1-2H3,(H,11,15). The molecule has 0 bridgehead atoms. The number of hydrogen-bond acceptors (Lipinski definition) is 4. The van der Waals surface area contributed by atoms with E-state index in [1.807, 2.05) is 18.5 Å². The molecule has 0 aliphatic carbocycles. The van der Waals surface area contributed by atoms with Crippen LogP contribution >= 0.6 is 11.8 Å². The van der Waals surface area contributed by atoms with E-state index in [0.29, 0.717) is 18.7 Å². The van der Waals surface area contributed by atoms with Gasteiger partial charge in [-0.15, -0.1) is 0 Å². The van der Waals surface area contributed by atoms with Crippen LogP contribution in [0.3, 0.4) is 0 Å². The van der Waals surface area contributed by atoms with Crippen molar-refractivity contribution in [3.05, 3.63) is 11.9 Å². The quantitative estimate of drug-likeness (QED) is 0.715. The predicted molar refractivity (Wildman–Crippen MR) is 63.2 cm³/mol. The zero-order valence-electron chi connectivity index (χ0n) is 9.56. The SMILES string of the molecule is CCNC(=O)CCSc1ncc(CO)n1C. The number of imidazole rings is 1. The van der Waals surface area contributed by atoms with E-state index in [1.165, 1.54) is 11.8 Å². The average molecular weight is 243 g/mol. The molecule has 1 rings (SSSR count). The van der Waals surface area contributed by atoms with Crippen LogP contribution < -0.4 is 5.32 Å². The van der Waals surface area contributed by atoms with Crippen molar-refractivity contribution in [1.29, 1.82) is 0 Å². The Morgan fingerprint density at radius 3 is 3.00 bits per heavy atom. The monoisotopic (exact) mass is 243 g/mol. The highest BCUT2D eigenvalue weighted by molar-refractivity contribution is 7.99. The number of thioether (sulfide) groups is 1. The summed E-state index contributed by atoms with van der Waals surface area (Å²) in [6.45, 7) is 2.55. The number of hydrogen-bond donors (Lipinski definition) is 2. The molecule has 6 heteroatoms. The van der Waals surface area contributed by atoms with Gasteiger partial charge >= 0.3 is 0 Å². The maximum Gasteiger partial charge on any atom is 0.220 e. The van der Waals surface area contributed by atoms with Gasteiger partial charge in [0, 0.05) is 25.8 Å². The second-order valence-corrected chi connectivity index (χ2v) is 4.36. The van der Waals surface area contributed by atoms with Crippen LogP contribution in [0, 0.1) is 0 Å². The van der Waals surface area contributed by atoms with Crippen LogP contribution in [0.2, 0.25) is 0 Å². The smallest absolute Gasteiger partial charge is 0.220 e. The lowest BCUT2D eigenvalue weighted by Gasteiger charge is -2.04. The van der Waals surface area contributed by atoms with Gasteiger partial charge in [-0.25, -0.2) is 4.98 Å². The molecule has 2 N–H and O–H groups in total. The third kappa shape index (κ3) is 3.53. The summed E-state index contributed by atoms with van der Waals surface area (Å²) in [6, 6.07) is 0. The molecule has 0 atom stereocenters. The molecule has 90 valence electrons. The molecule has 0 fully saturated rings. The zero-order chi connectivity index (χ0) is 12.0. The van der Waals surface area contributed by atoms with Gasteiger partial charge in [0.25, 0.3) is 0 Å². The number of aliphatic hydroxyl groups excluding tert-OH is 1. The molecule has 0 aliphatic rings. The molecule has 1 aromatic heterocycles. The molecule has 1 amide bonds. The van der Waals surface area contributed by atoms with E-state index >= 15 is 0 Å². The number of nitrogens with zero attached hydrogens (tertiary/aromatic N) is 2. The molecule has 0 spiro atoms. The second-order valence-electron chi connectivity index (χ2n) is 3.30. The lowest BCUT2D eigenvalue weighted by atomic mass is 10.4. The minimum absolute atomic E-state index is 0.0135. The Hall–Kier alpha value is -1.01. The fourth-order valence-corrected chi connectivity index (χ4v) is 2.14. The van der Waals surface area contributed by atoms with Crippen molar-refractivity contribution in [2.75, 3.05) is 12.3 Å². The van der Waals surface area contributed by atoms with Crippen molar-refractivity contribution in [3.63, 3.8) is 0 Å². The third-order valence-corrected chi connectivity index (χ3v) is 3.18. The first-order chi connectivity index (χ1) is 7.69. The molecule has 0 saturated carbocycles. The van der Waals surface area contributed by atoms with Crippen LogP contribution in [0.1, 0.15) is 19.0 Å². The third-order valence-electron chi connectivity index (χ3n) is 2.14. The van der Waals surface area contributed by atoms with E-state index in [9.17, 15) is 4.79 Å². The molecule has 16 heavy (non-hydrogen) atoms. The van der Waals surface area contributed by atoms with Gasteiger partial charge in [-0.3, -0.25) is 4.79 Å². The fraction of sp³-hybridized carbons (Fsp3) is 0.600. The number of carbonyl (C=O) groups is 1. The lowest BCUT2D eigenvalue weighted by molar-refractivity contribution is -0.120. The van der Waals surface area contributed by atoms with Crippen molar-refractivity contribution in [3.8, 4) is 0 Å². The van der Waals surface area contributed by atoms with Gasteiger partial charge in [-0.2, -0.15) is 0 Å². The van der Waals surface area contributed by atoms with Gasteiger partial charge in [-0.1, -0.05) is 11.8 Å². The van der Waals surface area contributed by atoms with Crippen LogP contribution in [-0.4, -0.2) is 32.9 Å². The number of rotatable bonds is 6. The summed E-state index contributed by atoms with van der Waals surface area (Å²) < 4.78 is 1.84. The van der Waals surface area contributed by atoms with Gasteiger partial charge in [0.2, 0.25) is 5.91 Å². The molecule has 0 aliphatic heterocycles. The fourth-order valence-electron chi connectivity index (χ4n) is 1.23. The molecule has 0 radical (unpaired) electrons. The van der Waals surface area contributed by atoms with Crippen molar-refractivity contribution in [1.82, 2.24) is 14.9 Å². The normalized spacial score (nSPS) is 10.4. The summed E-state index contributed by atoms with van der Waals surface area (Å²) in [5, 5.41) is 12.6. The van der Waals surface area contributed by atoms with E-state index in [2.05, 4.69) is 10.3 Å². The minimum Gasteiger partial charge on any atom is -0.390 e. The zero-order valence-corrected chi connectivity index (χ0v) is 10.4. The Kier molecular flexibility index (Phi) is 5.34. The van der Waals surface area contributed by atoms with E-state index < -0.39 is 0 Å². The number of amides is 1. The van der Waals surface area contributed by atoms with Crippen LogP contribution in [0.4, 0.5) is 0 Å². The molecule has 5 nitrogen and oxygen atoms in total. The Balaban J connectivity index is 2.37. The van der Waals surface area contributed by atoms with Crippen LogP contribution in [0.15, 0.2) is 11.4 Å². The van der Waals surface area contributed by atoms with Gasteiger partial charge in [-0.05, 0) is 6.92 Å². The van der Waals surface area contributed by atoms with Crippen molar-refractivity contribution in [2.45, 2.75) is 25.1 Å². The van der Waals surface area contributed by atoms with E-state index in [1.54, 1.807) is 6.20 Å². The summed E-state index contributed by atoms with van der Waals surface area (Å²) in [5.41, 5.74) is 0.778. The first-order valence-corrected chi connectivity index (χ1v) is 6.18. The lowest BCUT2D eigenvalue weighted by Crippen LogP contribution is -2.22. The number of aromatic nitrogens is 2.